The highest BCUT2D eigenvalue weighted by Crippen LogP contribution is 2.50. The molecule has 3 fully saturated rings. The van der Waals surface area contributed by atoms with Gasteiger partial charge in [0.25, 0.3) is 0 Å². The standard InChI is InChI=1S/C25H31F3O3/c26-12-1-13-31-24-20(27)14-19(15-21(24)28)17-4-2-16(3-5-17)18-8-10-25(11-9-18)22(29)6-7-23(25)30/h14-18H,1-13H2. The number of alkyl halides is 1. The lowest BCUT2D eigenvalue weighted by Crippen LogP contribution is -2.38. The van der Waals surface area contributed by atoms with Crippen LogP contribution in [0.1, 0.15) is 82.1 Å². The first-order valence-electron chi connectivity index (χ1n) is 11.7. The Kier molecular flexibility index (Phi) is 6.73. The van der Waals surface area contributed by atoms with Crippen LogP contribution in [0.5, 0.6) is 5.75 Å². The molecule has 4 rings (SSSR count). The number of Topliss-reactive ketones (excluding diaryl/α,β-unsaturated/α-hetero) is 2. The number of ketones is 2. The molecule has 170 valence electrons. The number of ether oxygens (including phenoxy) is 1. The van der Waals surface area contributed by atoms with Crippen LogP contribution in [0.15, 0.2) is 12.1 Å². The van der Waals surface area contributed by atoms with Crippen molar-refractivity contribution in [1.82, 2.24) is 0 Å². The van der Waals surface area contributed by atoms with Gasteiger partial charge in [0.1, 0.15) is 11.6 Å². The van der Waals surface area contributed by atoms with E-state index < -0.39 is 29.5 Å². The van der Waals surface area contributed by atoms with Crippen LogP contribution < -0.4 is 4.74 Å². The molecule has 3 aliphatic carbocycles. The van der Waals surface area contributed by atoms with Gasteiger partial charge >= 0.3 is 0 Å². The van der Waals surface area contributed by atoms with Crippen molar-refractivity contribution in [1.29, 1.82) is 0 Å². The van der Waals surface area contributed by atoms with Crippen molar-refractivity contribution in [3.05, 3.63) is 29.3 Å². The zero-order valence-corrected chi connectivity index (χ0v) is 17.9. The minimum absolute atomic E-state index is 0.0470. The van der Waals surface area contributed by atoms with Gasteiger partial charge in [-0.3, -0.25) is 14.0 Å². The van der Waals surface area contributed by atoms with Gasteiger partial charge in [0.15, 0.2) is 17.4 Å². The van der Waals surface area contributed by atoms with Gasteiger partial charge in [0.05, 0.1) is 18.7 Å². The zero-order valence-electron chi connectivity index (χ0n) is 17.9. The highest BCUT2D eigenvalue weighted by Gasteiger charge is 2.51. The summed E-state index contributed by atoms with van der Waals surface area (Å²) in [7, 11) is 0. The van der Waals surface area contributed by atoms with Gasteiger partial charge in [0, 0.05) is 19.3 Å². The van der Waals surface area contributed by atoms with E-state index in [1.807, 2.05) is 0 Å². The molecule has 0 saturated heterocycles. The van der Waals surface area contributed by atoms with Crippen LogP contribution in [-0.2, 0) is 9.59 Å². The van der Waals surface area contributed by atoms with E-state index in [0.29, 0.717) is 43.1 Å². The summed E-state index contributed by atoms with van der Waals surface area (Å²) < 4.78 is 46.0. The van der Waals surface area contributed by atoms with E-state index in [1.165, 1.54) is 12.1 Å². The smallest absolute Gasteiger partial charge is 0.190 e. The molecule has 3 aliphatic rings. The molecule has 1 spiro atoms. The van der Waals surface area contributed by atoms with Crippen molar-refractivity contribution in [3.63, 3.8) is 0 Å². The highest BCUT2D eigenvalue weighted by molar-refractivity contribution is 6.12. The Labute approximate surface area is 181 Å². The lowest BCUT2D eigenvalue weighted by Gasteiger charge is -2.40. The average Bonchev–Trinajstić information content (AvgIpc) is 3.04. The third-order valence-electron chi connectivity index (χ3n) is 7.99. The Morgan fingerprint density at radius 2 is 1.42 bits per heavy atom. The Hall–Kier alpha value is -1.85. The van der Waals surface area contributed by atoms with E-state index >= 15 is 0 Å². The van der Waals surface area contributed by atoms with Gasteiger partial charge in [-0.05, 0) is 86.8 Å². The van der Waals surface area contributed by atoms with Crippen LogP contribution in [0.3, 0.4) is 0 Å². The van der Waals surface area contributed by atoms with Crippen LogP contribution in [0, 0.1) is 28.9 Å². The molecule has 0 radical (unpaired) electrons. The molecule has 3 nitrogen and oxygen atoms in total. The predicted octanol–water partition coefficient (Wildman–Crippen LogP) is 6.09. The molecule has 0 heterocycles. The van der Waals surface area contributed by atoms with E-state index in [1.54, 1.807) is 0 Å². The first-order chi connectivity index (χ1) is 14.9. The molecule has 0 bridgehead atoms. The van der Waals surface area contributed by atoms with Crippen LogP contribution in [0.25, 0.3) is 0 Å². The van der Waals surface area contributed by atoms with Gasteiger partial charge in [-0.1, -0.05) is 0 Å². The maximum atomic E-state index is 14.4. The first-order valence-corrected chi connectivity index (χ1v) is 11.7. The lowest BCUT2D eigenvalue weighted by molar-refractivity contribution is -0.138. The third kappa shape index (κ3) is 4.40. The summed E-state index contributed by atoms with van der Waals surface area (Å²) in [4.78, 5) is 24.6. The fraction of sp³-hybridized carbons (Fsp3) is 0.680. The van der Waals surface area contributed by atoms with Gasteiger partial charge in [0.2, 0.25) is 0 Å². The summed E-state index contributed by atoms with van der Waals surface area (Å²) in [6.07, 6.45) is 7.98. The highest BCUT2D eigenvalue weighted by atomic mass is 19.1. The van der Waals surface area contributed by atoms with Crippen LogP contribution in [-0.4, -0.2) is 24.8 Å². The quantitative estimate of drug-likeness (QED) is 0.401. The monoisotopic (exact) mass is 436 g/mol. The van der Waals surface area contributed by atoms with E-state index in [-0.39, 0.29) is 30.5 Å². The number of halogens is 3. The van der Waals surface area contributed by atoms with Gasteiger partial charge in [-0.25, -0.2) is 8.78 Å². The predicted molar refractivity (Wildman–Crippen MR) is 111 cm³/mol. The summed E-state index contributed by atoms with van der Waals surface area (Å²) in [6, 6.07) is 2.72. The number of benzene rings is 1. The molecule has 1 aromatic rings. The molecule has 0 atom stereocenters. The number of rotatable bonds is 6. The van der Waals surface area contributed by atoms with Crippen LogP contribution >= 0.6 is 0 Å². The summed E-state index contributed by atoms with van der Waals surface area (Å²) >= 11 is 0. The topological polar surface area (TPSA) is 43.4 Å². The van der Waals surface area contributed by atoms with Crippen molar-refractivity contribution >= 4 is 11.6 Å². The second-order valence-electron chi connectivity index (χ2n) is 9.58. The maximum Gasteiger partial charge on any atom is 0.190 e. The second-order valence-corrected chi connectivity index (χ2v) is 9.58. The molecule has 6 heteroatoms. The van der Waals surface area contributed by atoms with Crippen LogP contribution in [0.4, 0.5) is 13.2 Å². The number of hydrogen-bond acceptors (Lipinski definition) is 3. The number of hydrogen-bond donors (Lipinski definition) is 0. The SMILES string of the molecule is O=C1CCC(=O)C12CCC(C1CCC(c3cc(F)c(OCCCF)c(F)c3)CC1)CC2. The Balaban J connectivity index is 1.32. The molecular formula is C25H31F3O3. The van der Waals surface area contributed by atoms with E-state index in [9.17, 15) is 22.8 Å². The number of carbonyl (C=O) groups is 2. The van der Waals surface area contributed by atoms with E-state index in [0.717, 1.165) is 38.5 Å². The molecule has 0 aliphatic heterocycles. The molecule has 0 unspecified atom stereocenters. The molecular weight excluding hydrogens is 405 g/mol. The lowest BCUT2D eigenvalue weighted by atomic mass is 9.63. The summed E-state index contributed by atoms with van der Waals surface area (Å²) in [6.45, 7) is -0.631. The molecule has 1 aromatic carbocycles. The molecule has 0 amide bonds. The summed E-state index contributed by atoms with van der Waals surface area (Å²) in [5, 5.41) is 0. The first kappa shape index (κ1) is 22.3. The van der Waals surface area contributed by atoms with Gasteiger partial charge in [-0.15, -0.1) is 0 Å². The largest absolute Gasteiger partial charge is 0.488 e. The van der Waals surface area contributed by atoms with Crippen LogP contribution in [0.2, 0.25) is 0 Å². The van der Waals surface area contributed by atoms with E-state index in [4.69, 9.17) is 4.74 Å². The summed E-state index contributed by atoms with van der Waals surface area (Å²) in [5.41, 5.74) is -0.00687. The molecule has 3 saturated carbocycles. The van der Waals surface area contributed by atoms with Crippen molar-refractivity contribution < 1.29 is 27.5 Å². The maximum absolute atomic E-state index is 14.4. The minimum Gasteiger partial charge on any atom is -0.488 e. The van der Waals surface area contributed by atoms with Crippen molar-refractivity contribution in [2.75, 3.05) is 13.3 Å². The summed E-state index contributed by atoms with van der Waals surface area (Å²) in [5.74, 6) is -0.350. The molecule has 0 aromatic heterocycles. The average molecular weight is 437 g/mol. The fourth-order valence-corrected chi connectivity index (χ4v) is 6.13. The van der Waals surface area contributed by atoms with Crippen molar-refractivity contribution in [2.45, 2.75) is 76.5 Å². The Morgan fingerprint density at radius 3 is 1.97 bits per heavy atom. The minimum atomic E-state index is -0.723. The van der Waals surface area contributed by atoms with E-state index in [2.05, 4.69) is 0 Å². The zero-order chi connectivity index (χ0) is 22.0. The second kappa shape index (κ2) is 9.33. The molecule has 0 N–H and O–H groups in total. The van der Waals surface area contributed by atoms with Crippen molar-refractivity contribution in [3.8, 4) is 5.75 Å². The number of carbonyl (C=O) groups excluding carboxylic acids is 2. The van der Waals surface area contributed by atoms with Crippen molar-refractivity contribution in [2.24, 2.45) is 17.3 Å². The van der Waals surface area contributed by atoms with Gasteiger partial charge in [-0.2, -0.15) is 0 Å². The Bertz CT molecular complexity index is 780. The van der Waals surface area contributed by atoms with Gasteiger partial charge < -0.3 is 4.74 Å². The molecule has 31 heavy (non-hydrogen) atoms. The normalized spacial score (nSPS) is 26.5. The Morgan fingerprint density at radius 1 is 0.871 bits per heavy atom. The third-order valence-corrected chi connectivity index (χ3v) is 7.99. The fourth-order valence-electron chi connectivity index (χ4n) is 6.13.